The van der Waals surface area contributed by atoms with Gasteiger partial charge in [0.25, 0.3) is 0 Å². The largest absolute Gasteiger partial charge is 0.486 e. The Bertz CT molecular complexity index is 672. The molecule has 1 aromatic carbocycles. The number of carboxylic acids is 1. The number of carbonyl (C=O) groups excluding carboxylic acids is 1. The second-order valence-electron chi connectivity index (χ2n) is 4.65. The van der Waals surface area contributed by atoms with E-state index in [-0.39, 0.29) is 25.3 Å². The summed E-state index contributed by atoms with van der Waals surface area (Å²) in [6.07, 6.45) is 0.0278. The van der Waals surface area contributed by atoms with Crippen LogP contribution in [0.15, 0.2) is 29.6 Å². The van der Waals surface area contributed by atoms with Crippen LogP contribution in [0.3, 0.4) is 0 Å². The van der Waals surface area contributed by atoms with Gasteiger partial charge in [-0.3, -0.25) is 9.59 Å². The maximum atomic E-state index is 11.6. The molecule has 0 radical (unpaired) electrons. The van der Waals surface area contributed by atoms with Crippen molar-refractivity contribution in [2.24, 2.45) is 0 Å². The molecule has 2 N–H and O–H groups in total. The monoisotopic (exact) mass is 354 g/mol. The first-order chi connectivity index (χ1) is 11.0. The number of nitrogens with one attached hydrogen (secondary N) is 1. The van der Waals surface area contributed by atoms with E-state index in [1.54, 1.807) is 29.6 Å². The van der Waals surface area contributed by atoms with Gasteiger partial charge >= 0.3 is 5.97 Å². The normalized spacial score (nSPS) is 10.3. The fraction of sp³-hybridized carbons (Fsp3) is 0.267. The van der Waals surface area contributed by atoms with Crippen LogP contribution >= 0.6 is 22.9 Å². The van der Waals surface area contributed by atoms with E-state index < -0.39 is 5.97 Å². The molecule has 6 nitrogen and oxygen atoms in total. The number of hydrogen-bond donors (Lipinski definition) is 2. The Balaban J connectivity index is 1.77. The third kappa shape index (κ3) is 6.25. The Morgan fingerprint density at radius 2 is 2.04 bits per heavy atom. The van der Waals surface area contributed by atoms with Crippen molar-refractivity contribution in [1.29, 1.82) is 0 Å². The van der Waals surface area contributed by atoms with E-state index in [0.29, 0.717) is 23.1 Å². The average Bonchev–Trinajstić information content (AvgIpc) is 2.93. The van der Waals surface area contributed by atoms with E-state index in [1.165, 1.54) is 11.3 Å². The number of hydrogen-bond acceptors (Lipinski definition) is 5. The molecule has 0 saturated heterocycles. The first kappa shape index (κ1) is 17.2. The molecule has 8 heteroatoms. The highest BCUT2D eigenvalue weighted by Crippen LogP contribution is 2.18. The molecule has 122 valence electrons. The highest BCUT2D eigenvalue weighted by atomic mass is 35.5. The lowest BCUT2D eigenvalue weighted by Gasteiger charge is -2.03. The van der Waals surface area contributed by atoms with Crippen LogP contribution in [0.4, 0.5) is 0 Å². The molecule has 0 saturated carbocycles. The van der Waals surface area contributed by atoms with E-state index in [4.69, 9.17) is 21.4 Å². The van der Waals surface area contributed by atoms with Crippen molar-refractivity contribution in [3.05, 3.63) is 45.4 Å². The summed E-state index contributed by atoms with van der Waals surface area (Å²) in [7, 11) is 0. The fourth-order valence-corrected chi connectivity index (χ4v) is 2.54. The van der Waals surface area contributed by atoms with Crippen molar-refractivity contribution < 1.29 is 19.4 Å². The molecule has 0 fully saturated rings. The van der Waals surface area contributed by atoms with Gasteiger partial charge in [0.05, 0.1) is 18.5 Å². The standard InChI is InChI=1S/C15H15ClN2O4S/c16-10-1-3-12(4-2-10)22-8-14-18-11(9-23-14)7-13(19)17-6-5-15(20)21/h1-4,9H,5-8H2,(H,17,19)(H,20,21). The summed E-state index contributed by atoms with van der Waals surface area (Å²) < 4.78 is 5.58. The highest BCUT2D eigenvalue weighted by Gasteiger charge is 2.08. The van der Waals surface area contributed by atoms with Gasteiger partial charge in [0, 0.05) is 16.9 Å². The van der Waals surface area contributed by atoms with Crippen molar-refractivity contribution >= 4 is 34.8 Å². The molecule has 0 aliphatic carbocycles. The van der Waals surface area contributed by atoms with Crippen molar-refractivity contribution in [1.82, 2.24) is 10.3 Å². The van der Waals surface area contributed by atoms with Crippen LogP contribution in [0.25, 0.3) is 0 Å². The smallest absolute Gasteiger partial charge is 0.305 e. The lowest BCUT2D eigenvalue weighted by Crippen LogP contribution is -2.27. The zero-order valence-electron chi connectivity index (χ0n) is 12.1. The lowest BCUT2D eigenvalue weighted by atomic mass is 10.3. The van der Waals surface area contributed by atoms with Crippen LogP contribution in [0.5, 0.6) is 5.75 Å². The second-order valence-corrected chi connectivity index (χ2v) is 6.02. The highest BCUT2D eigenvalue weighted by molar-refractivity contribution is 7.09. The average molecular weight is 355 g/mol. The van der Waals surface area contributed by atoms with Crippen LogP contribution in [0, 0.1) is 0 Å². The summed E-state index contributed by atoms with van der Waals surface area (Å²) in [6.45, 7) is 0.428. The SMILES string of the molecule is O=C(O)CCNC(=O)Cc1csc(COc2ccc(Cl)cc2)n1. The zero-order chi connectivity index (χ0) is 16.7. The van der Waals surface area contributed by atoms with Crippen LogP contribution in [-0.2, 0) is 22.6 Å². The molecule has 0 aliphatic rings. The van der Waals surface area contributed by atoms with Gasteiger partial charge in [0.15, 0.2) is 0 Å². The fourth-order valence-electron chi connectivity index (χ4n) is 1.71. The topological polar surface area (TPSA) is 88.5 Å². The second kappa shape index (κ2) is 8.50. The first-order valence-electron chi connectivity index (χ1n) is 6.83. The molecule has 0 atom stereocenters. The van der Waals surface area contributed by atoms with E-state index in [0.717, 1.165) is 5.01 Å². The van der Waals surface area contributed by atoms with Gasteiger partial charge in [-0.25, -0.2) is 4.98 Å². The molecule has 23 heavy (non-hydrogen) atoms. The minimum atomic E-state index is -0.944. The quantitative estimate of drug-likeness (QED) is 0.760. The van der Waals surface area contributed by atoms with Crippen molar-refractivity contribution in [3.63, 3.8) is 0 Å². The van der Waals surface area contributed by atoms with Gasteiger partial charge < -0.3 is 15.2 Å². The molecule has 0 bridgehead atoms. The van der Waals surface area contributed by atoms with E-state index in [9.17, 15) is 9.59 Å². The molecular weight excluding hydrogens is 340 g/mol. The predicted molar refractivity (Wildman–Crippen MR) is 86.9 cm³/mol. The van der Waals surface area contributed by atoms with E-state index in [2.05, 4.69) is 10.3 Å². The van der Waals surface area contributed by atoms with Crippen LogP contribution in [0.1, 0.15) is 17.1 Å². The van der Waals surface area contributed by atoms with Crippen LogP contribution < -0.4 is 10.1 Å². The number of rotatable bonds is 8. The Morgan fingerprint density at radius 3 is 2.74 bits per heavy atom. The summed E-state index contributed by atoms with van der Waals surface area (Å²) in [5.74, 6) is -0.500. The summed E-state index contributed by atoms with van der Waals surface area (Å²) in [4.78, 5) is 26.3. The van der Waals surface area contributed by atoms with Crippen molar-refractivity contribution in [3.8, 4) is 5.75 Å². The minimum Gasteiger partial charge on any atom is -0.486 e. The number of benzene rings is 1. The number of ether oxygens (including phenoxy) is 1. The number of carbonyl (C=O) groups is 2. The van der Waals surface area contributed by atoms with Gasteiger partial charge in [-0.2, -0.15) is 0 Å². The molecule has 0 unspecified atom stereocenters. The summed E-state index contributed by atoms with van der Waals surface area (Å²) >= 11 is 7.20. The predicted octanol–water partition coefficient (Wildman–Crippen LogP) is 2.51. The van der Waals surface area contributed by atoms with Crippen molar-refractivity contribution in [2.45, 2.75) is 19.4 Å². The zero-order valence-corrected chi connectivity index (χ0v) is 13.7. The molecule has 1 aromatic heterocycles. The van der Waals surface area contributed by atoms with Crippen molar-refractivity contribution in [2.75, 3.05) is 6.54 Å². The number of aromatic nitrogens is 1. The number of nitrogens with zero attached hydrogens (tertiary/aromatic N) is 1. The number of carboxylic acid groups (broad SMARTS) is 1. The molecule has 1 amide bonds. The number of thiazole rings is 1. The Labute approximate surface area is 142 Å². The molecule has 0 spiro atoms. The number of halogens is 1. The lowest BCUT2D eigenvalue weighted by molar-refractivity contribution is -0.136. The number of aliphatic carboxylic acids is 1. The van der Waals surface area contributed by atoms with Gasteiger partial charge in [-0.05, 0) is 24.3 Å². The molecule has 0 aliphatic heterocycles. The van der Waals surface area contributed by atoms with Gasteiger partial charge in [-0.15, -0.1) is 11.3 Å². The van der Waals surface area contributed by atoms with Gasteiger partial charge in [-0.1, -0.05) is 11.6 Å². The van der Waals surface area contributed by atoms with Crippen LogP contribution in [-0.4, -0.2) is 28.5 Å². The Morgan fingerprint density at radius 1 is 1.30 bits per heavy atom. The third-order valence-electron chi connectivity index (χ3n) is 2.78. The maximum Gasteiger partial charge on any atom is 0.305 e. The van der Waals surface area contributed by atoms with Gasteiger partial charge in [0.1, 0.15) is 17.4 Å². The molecule has 2 rings (SSSR count). The van der Waals surface area contributed by atoms with Gasteiger partial charge in [0.2, 0.25) is 5.91 Å². The Hall–Kier alpha value is -2.12. The molecular formula is C15H15ClN2O4S. The minimum absolute atomic E-state index is 0.0943. The first-order valence-corrected chi connectivity index (χ1v) is 8.09. The third-order valence-corrected chi connectivity index (χ3v) is 3.90. The molecule has 2 aromatic rings. The maximum absolute atomic E-state index is 11.6. The summed E-state index contributed by atoms with van der Waals surface area (Å²) in [6, 6.07) is 7.02. The van der Waals surface area contributed by atoms with Crippen LogP contribution in [0.2, 0.25) is 5.02 Å². The summed E-state index contributed by atoms with van der Waals surface area (Å²) in [5, 5.41) is 14.2. The summed E-state index contributed by atoms with van der Waals surface area (Å²) in [5.41, 5.74) is 0.637. The number of amides is 1. The Kier molecular flexibility index (Phi) is 6.37. The van der Waals surface area contributed by atoms with E-state index >= 15 is 0 Å². The molecule has 1 heterocycles. The van der Waals surface area contributed by atoms with E-state index in [1.807, 2.05) is 0 Å².